The lowest BCUT2D eigenvalue weighted by Crippen LogP contribution is -2.19. The lowest BCUT2D eigenvalue weighted by molar-refractivity contribution is 0.592. The van der Waals surface area contributed by atoms with Crippen LogP contribution in [-0.4, -0.2) is 12.0 Å². The summed E-state index contributed by atoms with van der Waals surface area (Å²) in [5.74, 6) is 0. The highest BCUT2D eigenvalue weighted by atomic mass is 35.5. The first kappa shape index (κ1) is 14.1. The number of likely N-dealkylation sites (N-methyl/N-ethyl adjacent to an activating group) is 1. The summed E-state index contributed by atoms with van der Waals surface area (Å²) < 4.78 is 0. The van der Waals surface area contributed by atoms with Crippen LogP contribution in [-0.2, 0) is 6.42 Å². The number of hydrogen-bond donors (Lipinski definition) is 1. The first-order chi connectivity index (χ1) is 10.3. The molecule has 0 aliphatic heterocycles. The molecule has 0 aliphatic carbocycles. The summed E-state index contributed by atoms with van der Waals surface area (Å²) in [7, 11) is 1.98. The molecule has 3 heteroatoms. The second-order valence-electron chi connectivity index (χ2n) is 5.09. The van der Waals surface area contributed by atoms with E-state index >= 15 is 0 Å². The van der Waals surface area contributed by atoms with Gasteiger partial charge in [0.05, 0.1) is 5.52 Å². The Balaban J connectivity index is 1.93. The Labute approximate surface area is 129 Å². The van der Waals surface area contributed by atoms with Gasteiger partial charge in [-0.25, -0.2) is 0 Å². The Kier molecular flexibility index (Phi) is 4.18. The number of rotatable bonds is 4. The Hall–Kier alpha value is -1.90. The number of hydrogen-bond acceptors (Lipinski definition) is 2. The van der Waals surface area contributed by atoms with Gasteiger partial charge in [0.1, 0.15) is 0 Å². The molecule has 2 nitrogen and oxygen atoms in total. The van der Waals surface area contributed by atoms with Gasteiger partial charge in [-0.3, -0.25) is 4.98 Å². The molecule has 0 fully saturated rings. The van der Waals surface area contributed by atoms with Gasteiger partial charge in [0, 0.05) is 22.6 Å². The van der Waals surface area contributed by atoms with Gasteiger partial charge < -0.3 is 5.32 Å². The predicted octanol–water partition coefficient (Wildman–Crippen LogP) is 4.39. The largest absolute Gasteiger partial charge is 0.313 e. The van der Waals surface area contributed by atoms with E-state index in [1.54, 1.807) is 0 Å². The van der Waals surface area contributed by atoms with Crippen molar-refractivity contribution < 1.29 is 0 Å². The van der Waals surface area contributed by atoms with Crippen molar-refractivity contribution in [3.63, 3.8) is 0 Å². The summed E-state index contributed by atoms with van der Waals surface area (Å²) in [6, 6.07) is 18.7. The van der Waals surface area contributed by atoms with Crippen LogP contribution in [0, 0.1) is 0 Å². The smallest absolute Gasteiger partial charge is 0.0705 e. The fourth-order valence-corrected chi connectivity index (χ4v) is 2.78. The van der Waals surface area contributed by atoms with Crippen LogP contribution < -0.4 is 5.32 Å². The summed E-state index contributed by atoms with van der Waals surface area (Å²) in [6.45, 7) is 0. The number of fused-ring (bicyclic) bond motifs is 1. The van der Waals surface area contributed by atoms with Crippen molar-refractivity contribution in [2.24, 2.45) is 0 Å². The second-order valence-corrected chi connectivity index (χ2v) is 5.50. The molecule has 1 N–H and O–H groups in total. The van der Waals surface area contributed by atoms with Crippen LogP contribution >= 0.6 is 11.6 Å². The number of aromatic nitrogens is 1. The topological polar surface area (TPSA) is 24.9 Å². The maximum Gasteiger partial charge on any atom is 0.0705 e. The molecule has 0 bridgehead atoms. The highest BCUT2D eigenvalue weighted by molar-refractivity contribution is 6.31. The minimum Gasteiger partial charge on any atom is -0.313 e. The Bertz CT molecular complexity index is 755. The Morgan fingerprint density at radius 1 is 1.10 bits per heavy atom. The number of halogens is 1. The molecule has 1 atom stereocenters. The molecule has 0 saturated heterocycles. The van der Waals surface area contributed by atoms with E-state index in [0.29, 0.717) is 0 Å². The lowest BCUT2D eigenvalue weighted by atomic mass is 9.98. The maximum atomic E-state index is 6.27. The highest BCUT2D eigenvalue weighted by Gasteiger charge is 2.12. The molecule has 0 amide bonds. The molecule has 1 heterocycles. The van der Waals surface area contributed by atoms with Crippen LogP contribution in [0.2, 0.25) is 5.02 Å². The third-order valence-corrected chi connectivity index (χ3v) is 4.13. The molecule has 106 valence electrons. The third-order valence-electron chi connectivity index (χ3n) is 3.76. The third kappa shape index (κ3) is 3.07. The van der Waals surface area contributed by atoms with E-state index in [-0.39, 0.29) is 6.04 Å². The van der Waals surface area contributed by atoms with Crippen molar-refractivity contribution in [2.75, 3.05) is 7.05 Å². The van der Waals surface area contributed by atoms with Gasteiger partial charge in [-0.15, -0.1) is 0 Å². The van der Waals surface area contributed by atoms with E-state index in [4.69, 9.17) is 11.6 Å². The maximum absolute atomic E-state index is 6.27. The molecular weight excluding hydrogens is 280 g/mol. The van der Waals surface area contributed by atoms with Gasteiger partial charge >= 0.3 is 0 Å². The molecule has 21 heavy (non-hydrogen) atoms. The SMILES string of the molecule is CNC(Cc1ccccc1Cl)c1ccc2cccnc2c1. The van der Waals surface area contributed by atoms with Gasteiger partial charge in [0.25, 0.3) is 0 Å². The van der Waals surface area contributed by atoms with Crippen molar-refractivity contribution in [1.29, 1.82) is 0 Å². The number of nitrogens with one attached hydrogen (secondary N) is 1. The van der Waals surface area contributed by atoms with E-state index in [0.717, 1.165) is 27.9 Å². The molecular formula is C18H17ClN2. The van der Waals surface area contributed by atoms with Gasteiger partial charge in [-0.2, -0.15) is 0 Å². The molecule has 0 saturated carbocycles. The number of pyridine rings is 1. The summed E-state index contributed by atoms with van der Waals surface area (Å²) >= 11 is 6.27. The van der Waals surface area contributed by atoms with E-state index in [2.05, 4.69) is 40.6 Å². The molecule has 0 aliphatic rings. The summed E-state index contributed by atoms with van der Waals surface area (Å²) in [6.07, 6.45) is 2.68. The van der Waals surface area contributed by atoms with Crippen molar-refractivity contribution in [1.82, 2.24) is 10.3 Å². The summed E-state index contributed by atoms with van der Waals surface area (Å²) in [5, 5.41) is 5.35. The van der Waals surface area contributed by atoms with Gasteiger partial charge in [-0.1, -0.05) is 48.0 Å². The molecule has 2 aromatic carbocycles. The molecule has 0 spiro atoms. The normalized spacial score (nSPS) is 12.5. The van der Waals surface area contributed by atoms with Crippen molar-refractivity contribution in [3.05, 3.63) is 76.9 Å². The quantitative estimate of drug-likeness (QED) is 0.772. The highest BCUT2D eigenvalue weighted by Crippen LogP contribution is 2.25. The average molecular weight is 297 g/mol. The number of nitrogens with zero attached hydrogens (tertiary/aromatic N) is 1. The minimum atomic E-state index is 0.219. The van der Waals surface area contributed by atoms with Gasteiger partial charge in [-0.05, 0) is 42.8 Å². The first-order valence-electron chi connectivity index (χ1n) is 7.03. The lowest BCUT2D eigenvalue weighted by Gasteiger charge is -2.18. The zero-order valence-corrected chi connectivity index (χ0v) is 12.6. The minimum absolute atomic E-state index is 0.219. The van der Waals surface area contributed by atoms with E-state index in [1.165, 1.54) is 5.56 Å². The van der Waals surface area contributed by atoms with Crippen molar-refractivity contribution >= 4 is 22.5 Å². The zero-order valence-electron chi connectivity index (χ0n) is 11.9. The summed E-state index contributed by atoms with van der Waals surface area (Å²) in [5.41, 5.74) is 3.40. The summed E-state index contributed by atoms with van der Waals surface area (Å²) in [4.78, 5) is 4.43. The standard InChI is InChI=1S/C18H17ClN2/c1-20-17(11-14-5-2-3-7-16(14)19)15-9-8-13-6-4-10-21-18(13)12-15/h2-10,12,17,20H,11H2,1H3. The fourth-order valence-electron chi connectivity index (χ4n) is 2.57. The van der Waals surface area contributed by atoms with E-state index in [9.17, 15) is 0 Å². The fraction of sp³-hybridized carbons (Fsp3) is 0.167. The van der Waals surface area contributed by atoms with Gasteiger partial charge in [0.15, 0.2) is 0 Å². The monoisotopic (exact) mass is 296 g/mol. The van der Waals surface area contributed by atoms with Crippen LogP contribution in [0.5, 0.6) is 0 Å². The Morgan fingerprint density at radius 2 is 1.95 bits per heavy atom. The van der Waals surface area contributed by atoms with E-state index < -0.39 is 0 Å². The number of benzene rings is 2. The van der Waals surface area contributed by atoms with E-state index in [1.807, 2.05) is 37.5 Å². The second kappa shape index (κ2) is 6.25. The van der Waals surface area contributed by atoms with Crippen LogP contribution in [0.25, 0.3) is 10.9 Å². The van der Waals surface area contributed by atoms with Crippen molar-refractivity contribution in [2.45, 2.75) is 12.5 Å². The van der Waals surface area contributed by atoms with Crippen molar-refractivity contribution in [3.8, 4) is 0 Å². The predicted molar refractivity (Wildman–Crippen MR) is 88.7 cm³/mol. The molecule has 1 aromatic heterocycles. The molecule has 3 aromatic rings. The van der Waals surface area contributed by atoms with Crippen LogP contribution in [0.4, 0.5) is 0 Å². The molecule has 3 rings (SSSR count). The zero-order chi connectivity index (χ0) is 14.7. The molecule has 0 radical (unpaired) electrons. The van der Waals surface area contributed by atoms with Crippen LogP contribution in [0.1, 0.15) is 17.2 Å². The van der Waals surface area contributed by atoms with Crippen LogP contribution in [0.15, 0.2) is 60.8 Å². The Morgan fingerprint density at radius 3 is 2.76 bits per heavy atom. The first-order valence-corrected chi connectivity index (χ1v) is 7.41. The molecule has 1 unspecified atom stereocenters. The average Bonchev–Trinajstić information content (AvgIpc) is 2.54. The van der Waals surface area contributed by atoms with Crippen LogP contribution in [0.3, 0.4) is 0 Å². The van der Waals surface area contributed by atoms with Gasteiger partial charge in [0.2, 0.25) is 0 Å².